The highest BCUT2D eigenvalue weighted by atomic mass is 15.3. The van der Waals surface area contributed by atoms with E-state index in [1.165, 1.54) is 6.42 Å². The summed E-state index contributed by atoms with van der Waals surface area (Å²) in [5.74, 6) is 0.167. The highest BCUT2D eigenvalue weighted by Gasteiger charge is 2.21. The van der Waals surface area contributed by atoms with Gasteiger partial charge in [-0.2, -0.15) is 0 Å². The number of hydrogen-bond donors (Lipinski definition) is 3. The Morgan fingerprint density at radius 3 is 2.73 bits per heavy atom. The second-order valence-corrected chi connectivity index (χ2v) is 2.96. The van der Waals surface area contributed by atoms with Crippen molar-refractivity contribution in [1.29, 1.82) is 5.41 Å². The zero-order chi connectivity index (χ0) is 8.27. The lowest BCUT2D eigenvalue weighted by molar-refractivity contribution is 0.243. The summed E-state index contributed by atoms with van der Waals surface area (Å²) in [7, 11) is 0. The molecule has 1 unspecified atom stereocenters. The first-order valence-electron chi connectivity index (χ1n) is 4.06. The third kappa shape index (κ3) is 1.83. The molecule has 0 amide bonds. The molecule has 0 aromatic carbocycles. The van der Waals surface area contributed by atoms with Crippen LogP contribution in [0.15, 0.2) is 0 Å². The van der Waals surface area contributed by atoms with Gasteiger partial charge in [0.15, 0.2) is 5.96 Å². The number of nitrogens with zero attached hydrogens (tertiary/aromatic N) is 1. The van der Waals surface area contributed by atoms with Gasteiger partial charge in [0.25, 0.3) is 0 Å². The summed E-state index contributed by atoms with van der Waals surface area (Å²) in [6, 6.07) is 0.307. The Morgan fingerprint density at radius 2 is 2.27 bits per heavy atom. The van der Waals surface area contributed by atoms with Crippen LogP contribution in [0.3, 0.4) is 0 Å². The van der Waals surface area contributed by atoms with Crippen molar-refractivity contribution in [3.05, 3.63) is 0 Å². The van der Waals surface area contributed by atoms with Crippen LogP contribution in [0.25, 0.3) is 0 Å². The zero-order valence-electron chi connectivity index (χ0n) is 6.71. The van der Waals surface area contributed by atoms with Gasteiger partial charge in [-0.1, -0.05) is 0 Å². The molecule has 0 radical (unpaired) electrons. The van der Waals surface area contributed by atoms with Gasteiger partial charge in [-0.3, -0.25) is 5.41 Å². The van der Waals surface area contributed by atoms with Gasteiger partial charge in [0.2, 0.25) is 0 Å². The largest absolute Gasteiger partial charge is 0.370 e. The molecular weight excluding hydrogens is 140 g/mol. The van der Waals surface area contributed by atoms with Crippen molar-refractivity contribution < 1.29 is 0 Å². The molecule has 1 aliphatic rings. The van der Waals surface area contributed by atoms with Crippen molar-refractivity contribution >= 4 is 5.96 Å². The van der Waals surface area contributed by atoms with Crippen LogP contribution in [0.5, 0.6) is 0 Å². The van der Waals surface area contributed by atoms with Crippen LogP contribution >= 0.6 is 0 Å². The minimum absolute atomic E-state index is 0.167. The fraction of sp³-hybridized carbons (Fsp3) is 0.857. The third-order valence-corrected chi connectivity index (χ3v) is 2.21. The molecule has 1 fully saturated rings. The van der Waals surface area contributed by atoms with Gasteiger partial charge < -0.3 is 16.4 Å². The van der Waals surface area contributed by atoms with Crippen molar-refractivity contribution in [3.63, 3.8) is 0 Å². The molecule has 1 rings (SSSR count). The van der Waals surface area contributed by atoms with Gasteiger partial charge in [0, 0.05) is 19.1 Å². The van der Waals surface area contributed by atoms with E-state index in [1.54, 1.807) is 0 Å². The van der Waals surface area contributed by atoms with E-state index in [9.17, 15) is 0 Å². The summed E-state index contributed by atoms with van der Waals surface area (Å²) in [5.41, 5.74) is 10.9. The second-order valence-electron chi connectivity index (χ2n) is 2.96. The van der Waals surface area contributed by atoms with E-state index >= 15 is 0 Å². The Balaban J connectivity index is 2.51. The topological polar surface area (TPSA) is 79.1 Å². The van der Waals surface area contributed by atoms with Gasteiger partial charge in [0.05, 0.1) is 0 Å². The molecule has 5 N–H and O–H groups in total. The molecule has 4 heteroatoms. The van der Waals surface area contributed by atoms with Crippen LogP contribution < -0.4 is 11.5 Å². The minimum Gasteiger partial charge on any atom is -0.370 e. The molecule has 0 bridgehead atoms. The van der Waals surface area contributed by atoms with Gasteiger partial charge in [-0.15, -0.1) is 0 Å². The Hall–Kier alpha value is -0.770. The van der Waals surface area contributed by atoms with Crippen LogP contribution in [0.2, 0.25) is 0 Å². The van der Waals surface area contributed by atoms with Crippen molar-refractivity contribution in [1.82, 2.24) is 4.90 Å². The number of likely N-dealkylation sites (tertiary alicyclic amines) is 1. The maximum absolute atomic E-state index is 7.27. The van der Waals surface area contributed by atoms with Crippen LogP contribution in [-0.2, 0) is 0 Å². The molecule has 1 heterocycles. The molecule has 1 atom stereocenters. The molecule has 64 valence electrons. The van der Waals surface area contributed by atoms with Crippen molar-refractivity contribution in [3.8, 4) is 0 Å². The van der Waals surface area contributed by atoms with Crippen molar-refractivity contribution in [2.75, 3.05) is 13.1 Å². The molecule has 0 aromatic heterocycles. The normalized spacial score (nSPS) is 25.2. The summed E-state index contributed by atoms with van der Waals surface area (Å²) < 4.78 is 0. The number of piperidine rings is 1. The molecule has 4 nitrogen and oxygen atoms in total. The zero-order valence-corrected chi connectivity index (χ0v) is 6.71. The minimum atomic E-state index is 0.167. The highest BCUT2D eigenvalue weighted by Crippen LogP contribution is 2.14. The summed E-state index contributed by atoms with van der Waals surface area (Å²) in [6.07, 6.45) is 3.43. The lowest BCUT2D eigenvalue weighted by Crippen LogP contribution is -2.50. The second kappa shape index (κ2) is 3.57. The predicted molar refractivity (Wildman–Crippen MR) is 45.3 cm³/mol. The average molecular weight is 156 g/mol. The summed E-state index contributed by atoms with van der Waals surface area (Å²) in [5, 5.41) is 7.27. The summed E-state index contributed by atoms with van der Waals surface area (Å²) >= 11 is 0. The van der Waals surface area contributed by atoms with Crippen LogP contribution in [0.1, 0.15) is 19.3 Å². The highest BCUT2D eigenvalue weighted by molar-refractivity contribution is 5.75. The lowest BCUT2D eigenvalue weighted by atomic mass is 10.0. The molecule has 11 heavy (non-hydrogen) atoms. The Kier molecular flexibility index (Phi) is 2.70. The van der Waals surface area contributed by atoms with Gasteiger partial charge >= 0.3 is 0 Å². The van der Waals surface area contributed by atoms with Gasteiger partial charge in [0.1, 0.15) is 0 Å². The van der Waals surface area contributed by atoms with E-state index in [2.05, 4.69) is 0 Å². The first-order chi connectivity index (χ1) is 5.25. The number of guanidine groups is 1. The van der Waals surface area contributed by atoms with Crippen molar-refractivity contribution in [2.45, 2.75) is 25.3 Å². The monoisotopic (exact) mass is 156 g/mol. The van der Waals surface area contributed by atoms with E-state index in [-0.39, 0.29) is 5.96 Å². The van der Waals surface area contributed by atoms with Gasteiger partial charge in [-0.25, -0.2) is 0 Å². The van der Waals surface area contributed by atoms with E-state index in [0.29, 0.717) is 12.6 Å². The SMILES string of the molecule is N=C(N)N1CCCCC1CN. The van der Waals surface area contributed by atoms with Crippen LogP contribution in [0.4, 0.5) is 0 Å². The van der Waals surface area contributed by atoms with Crippen LogP contribution in [0, 0.1) is 5.41 Å². The lowest BCUT2D eigenvalue weighted by Gasteiger charge is -2.35. The Morgan fingerprint density at radius 1 is 1.55 bits per heavy atom. The molecule has 0 aromatic rings. The van der Waals surface area contributed by atoms with E-state index in [1.807, 2.05) is 4.90 Å². The van der Waals surface area contributed by atoms with Crippen LogP contribution in [-0.4, -0.2) is 30.0 Å². The van der Waals surface area contributed by atoms with E-state index in [0.717, 1.165) is 19.4 Å². The van der Waals surface area contributed by atoms with E-state index in [4.69, 9.17) is 16.9 Å². The summed E-state index contributed by atoms with van der Waals surface area (Å²) in [6.45, 7) is 1.51. The molecule has 1 saturated heterocycles. The quantitative estimate of drug-likeness (QED) is 0.360. The Bertz CT molecular complexity index is 145. The van der Waals surface area contributed by atoms with Crippen molar-refractivity contribution in [2.24, 2.45) is 11.5 Å². The Labute approximate surface area is 67.0 Å². The molecular formula is C7H16N4. The molecule has 1 aliphatic heterocycles. The predicted octanol–water partition coefficient (Wildman–Crippen LogP) is -0.307. The maximum atomic E-state index is 7.27. The van der Waals surface area contributed by atoms with Gasteiger partial charge in [-0.05, 0) is 19.3 Å². The number of nitrogens with one attached hydrogen (secondary N) is 1. The number of hydrogen-bond acceptors (Lipinski definition) is 2. The number of nitrogens with two attached hydrogens (primary N) is 2. The number of rotatable bonds is 1. The maximum Gasteiger partial charge on any atom is 0.188 e. The first-order valence-corrected chi connectivity index (χ1v) is 4.06. The van der Waals surface area contributed by atoms with E-state index < -0.39 is 0 Å². The average Bonchev–Trinajstić information content (AvgIpc) is 2.04. The molecule has 0 saturated carbocycles. The third-order valence-electron chi connectivity index (χ3n) is 2.21. The fourth-order valence-corrected chi connectivity index (χ4v) is 1.56. The summed E-state index contributed by atoms with van der Waals surface area (Å²) in [4.78, 5) is 1.89. The standard InChI is InChI=1S/C7H16N4/c8-5-6-3-1-2-4-11(6)7(9)10/h6H,1-5,8H2,(H3,9,10). The first kappa shape index (κ1) is 8.33. The molecule has 0 aliphatic carbocycles. The fourth-order valence-electron chi connectivity index (χ4n) is 1.56. The smallest absolute Gasteiger partial charge is 0.188 e. The molecule has 0 spiro atoms.